The van der Waals surface area contributed by atoms with Crippen molar-refractivity contribution in [1.82, 2.24) is 4.90 Å². The van der Waals surface area contributed by atoms with E-state index in [2.05, 4.69) is 11.8 Å². The fourth-order valence-corrected chi connectivity index (χ4v) is 2.70. The van der Waals surface area contributed by atoms with Crippen molar-refractivity contribution < 1.29 is 14.6 Å². The van der Waals surface area contributed by atoms with Crippen LogP contribution in [0.15, 0.2) is 0 Å². The third kappa shape index (κ3) is 3.96. The minimum absolute atomic E-state index is 0.268. The average molecular weight is 243 g/mol. The van der Waals surface area contributed by atoms with Crippen molar-refractivity contribution in [2.45, 2.75) is 51.7 Å². The predicted molar refractivity (Wildman–Crippen MR) is 67.1 cm³/mol. The first kappa shape index (κ1) is 14.5. The second-order valence-corrected chi connectivity index (χ2v) is 4.95. The number of ether oxygens (including phenoxy) is 1. The summed E-state index contributed by atoms with van der Waals surface area (Å²) < 4.78 is 5.54. The average Bonchev–Trinajstić information content (AvgIpc) is 2.35. The van der Waals surface area contributed by atoms with Gasteiger partial charge in [-0.25, -0.2) is 0 Å². The fraction of sp³-hybridized carbons (Fsp3) is 0.923. The molecule has 3 unspecified atom stereocenters. The van der Waals surface area contributed by atoms with Crippen molar-refractivity contribution in [3.05, 3.63) is 0 Å². The number of likely N-dealkylation sites (N-methyl/N-ethyl adjacent to an activating group) is 1. The maximum Gasteiger partial charge on any atom is 0.307 e. The molecule has 3 atom stereocenters. The maximum atomic E-state index is 10.9. The summed E-state index contributed by atoms with van der Waals surface area (Å²) in [5.41, 5.74) is 0. The van der Waals surface area contributed by atoms with Gasteiger partial charge in [0.2, 0.25) is 0 Å². The van der Waals surface area contributed by atoms with Crippen molar-refractivity contribution in [3.63, 3.8) is 0 Å². The van der Waals surface area contributed by atoms with Gasteiger partial charge in [0, 0.05) is 19.7 Å². The van der Waals surface area contributed by atoms with E-state index in [1.165, 1.54) is 12.8 Å². The Morgan fingerprint density at radius 1 is 1.47 bits per heavy atom. The van der Waals surface area contributed by atoms with E-state index in [9.17, 15) is 4.79 Å². The Balaban J connectivity index is 2.60. The summed E-state index contributed by atoms with van der Waals surface area (Å²) in [6.45, 7) is 5.38. The van der Waals surface area contributed by atoms with Crippen LogP contribution >= 0.6 is 0 Å². The zero-order valence-electron chi connectivity index (χ0n) is 11.2. The van der Waals surface area contributed by atoms with Crippen LogP contribution < -0.4 is 0 Å². The molecule has 17 heavy (non-hydrogen) atoms. The van der Waals surface area contributed by atoms with Crippen LogP contribution in [-0.2, 0) is 9.53 Å². The normalized spacial score (nSPS) is 27.1. The Bertz CT molecular complexity index is 245. The van der Waals surface area contributed by atoms with Gasteiger partial charge in [0.25, 0.3) is 0 Å². The number of hydrogen-bond donors (Lipinski definition) is 1. The monoisotopic (exact) mass is 243 g/mol. The number of carboxylic acids is 1. The van der Waals surface area contributed by atoms with E-state index in [4.69, 9.17) is 9.84 Å². The van der Waals surface area contributed by atoms with E-state index in [0.29, 0.717) is 12.6 Å². The molecule has 0 spiro atoms. The third-order valence-electron chi connectivity index (χ3n) is 3.78. The van der Waals surface area contributed by atoms with Crippen LogP contribution in [0.2, 0.25) is 0 Å². The molecule has 0 bridgehead atoms. The van der Waals surface area contributed by atoms with Gasteiger partial charge in [-0.15, -0.1) is 0 Å². The molecule has 1 aliphatic carbocycles. The first-order valence-corrected chi connectivity index (χ1v) is 6.59. The molecular formula is C13H25NO3. The molecule has 1 saturated carbocycles. The summed E-state index contributed by atoms with van der Waals surface area (Å²) >= 11 is 0. The highest BCUT2D eigenvalue weighted by atomic mass is 16.5. The molecule has 4 nitrogen and oxygen atoms in total. The minimum Gasteiger partial charge on any atom is -0.481 e. The van der Waals surface area contributed by atoms with Crippen LogP contribution in [0.25, 0.3) is 0 Å². The first-order valence-electron chi connectivity index (χ1n) is 6.59. The lowest BCUT2D eigenvalue weighted by Crippen LogP contribution is -2.48. The molecule has 1 N–H and O–H groups in total. The van der Waals surface area contributed by atoms with Gasteiger partial charge < -0.3 is 9.84 Å². The van der Waals surface area contributed by atoms with Crippen molar-refractivity contribution in [1.29, 1.82) is 0 Å². The van der Waals surface area contributed by atoms with Crippen molar-refractivity contribution in [3.8, 4) is 0 Å². The highest BCUT2D eigenvalue weighted by molar-refractivity contribution is 5.69. The lowest BCUT2D eigenvalue weighted by atomic mass is 9.90. The molecule has 1 fully saturated rings. The molecule has 4 heteroatoms. The number of methoxy groups -OCH3 is 1. The Morgan fingerprint density at radius 2 is 2.12 bits per heavy atom. The zero-order chi connectivity index (χ0) is 12.8. The van der Waals surface area contributed by atoms with Gasteiger partial charge in [0.05, 0.1) is 12.0 Å². The van der Waals surface area contributed by atoms with Gasteiger partial charge in [-0.3, -0.25) is 9.69 Å². The SMILES string of the molecule is CCN(CC(C)C(=O)O)C1CCCCC1OC. The summed E-state index contributed by atoms with van der Waals surface area (Å²) in [5, 5.41) is 8.99. The lowest BCUT2D eigenvalue weighted by Gasteiger charge is -2.39. The molecule has 0 heterocycles. The third-order valence-corrected chi connectivity index (χ3v) is 3.78. The van der Waals surface area contributed by atoms with Crippen LogP contribution in [0, 0.1) is 5.92 Å². The number of hydrogen-bond acceptors (Lipinski definition) is 3. The largest absolute Gasteiger partial charge is 0.481 e. The van der Waals surface area contributed by atoms with Gasteiger partial charge in [-0.1, -0.05) is 26.7 Å². The van der Waals surface area contributed by atoms with E-state index in [1.54, 1.807) is 14.0 Å². The molecule has 100 valence electrons. The predicted octanol–water partition coefficient (Wildman–Crippen LogP) is 1.99. The molecule has 0 aromatic carbocycles. The fourth-order valence-electron chi connectivity index (χ4n) is 2.70. The van der Waals surface area contributed by atoms with Crippen LogP contribution in [0.5, 0.6) is 0 Å². The van der Waals surface area contributed by atoms with Gasteiger partial charge in [0.15, 0.2) is 0 Å². The van der Waals surface area contributed by atoms with E-state index in [0.717, 1.165) is 19.4 Å². The number of rotatable bonds is 6. The first-order chi connectivity index (χ1) is 8.10. The molecule has 0 aromatic heterocycles. The smallest absolute Gasteiger partial charge is 0.307 e. The van der Waals surface area contributed by atoms with E-state index in [1.807, 2.05) is 0 Å². The lowest BCUT2D eigenvalue weighted by molar-refractivity contribution is -0.142. The molecular weight excluding hydrogens is 218 g/mol. The Labute approximate surface area is 104 Å². The summed E-state index contributed by atoms with van der Waals surface area (Å²) in [7, 11) is 1.76. The van der Waals surface area contributed by atoms with Gasteiger partial charge in [-0.2, -0.15) is 0 Å². The number of aliphatic carboxylic acids is 1. The molecule has 0 aromatic rings. The Hall–Kier alpha value is -0.610. The summed E-state index contributed by atoms with van der Waals surface area (Å²) in [6, 6.07) is 0.389. The maximum absolute atomic E-state index is 10.9. The van der Waals surface area contributed by atoms with Crippen LogP contribution in [0.1, 0.15) is 39.5 Å². The summed E-state index contributed by atoms with van der Waals surface area (Å²) in [4.78, 5) is 13.2. The number of carbonyl (C=O) groups is 1. The molecule has 0 saturated heterocycles. The Kier molecular flexibility index (Phi) is 5.92. The topological polar surface area (TPSA) is 49.8 Å². The van der Waals surface area contributed by atoms with Crippen LogP contribution in [0.3, 0.4) is 0 Å². The number of carboxylic acid groups (broad SMARTS) is 1. The highest BCUT2D eigenvalue weighted by Gasteiger charge is 2.30. The molecule has 0 amide bonds. The minimum atomic E-state index is -0.715. The van der Waals surface area contributed by atoms with E-state index >= 15 is 0 Å². The second-order valence-electron chi connectivity index (χ2n) is 4.95. The zero-order valence-corrected chi connectivity index (χ0v) is 11.2. The standard InChI is InChI=1S/C13H25NO3/c1-4-14(9-10(2)13(15)16)11-7-5-6-8-12(11)17-3/h10-12H,4-9H2,1-3H3,(H,15,16). The van der Waals surface area contributed by atoms with Crippen molar-refractivity contribution in [2.75, 3.05) is 20.2 Å². The van der Waals surface area contributed by atoms with E-state index in [-0.39, 0.29) is 12.0 Å². The van der Waals surface area contributed by atoms with Crippen molar-refractivity contribution in [2.24, 2.45) is 5.92 Å². The quantitative estimate of drug-likeness (QED) is 0.775. The van der Waals surface area contributed by atoms with Crippen molar-refractivity contribution >= 4 is 5.97 Å². The second kappa shape index (κ2) is 6.97. The Morgan fingerprint density at radius 3 is 2.65 bits per heavy atom. The van der Waals surface area contributed by atoms with Gasteiger partial charge >= 0.3 is 5.97 Å². The van der Waals surface area contributed by atoms with Crippen LogP contribution in [-0.4, -0.2) is 48.3 Å². The van der Waals surface area contributed by atoms with Gasteiger partial charge in [-0.05, 0) is 19.4 Å². The molecule has 1 aliphatic rings. The summed E-state index contributed by atoms with van der Waals surface area (Å²) in [6.07, 6.45) is 4.94. The van der Waals surface area contributed by atoms with E-state index < -0.39 is 5.97 Å². The molecule has 1 rings (SSSR count). The van der Waals surface area contributed by atoms with Gasteiger partial charge in [0.1, 0.15) is 0 Å². The number of nitrogens with zero attached hydrogens (tertiary/aromatic N) is 1. The van der Waals surface area contributed by atoms with Crippen LogP contribution in [0.4, 0.5) is 0 Å². The summed E-state index contributed by atoms with van der Waals surface area (Å²) in [5.74, 6) is -1.03. The molecule has 0 radical (unpaired) electrons. The molecule has 0 aliphatic heterocycles. The highest BCUT2D eigenvalue weighted by Crippen LogP contribution is 2.25.